The van der Waals surface area contributed by atoms with Gasteiger partial charge in [-0.05, 0) is 25.1 Å². The van der Waals surface area contributed by atoms with E-state index in [1.165, 1.54) is 0 Å². The normalized spacial score (nSPS) is 12.6. The van der Waals surface area contributed by atoms with Gasteiger partial charge in [-0.2, -0.15) is 0 Å². The molecule has 4 nitrogen and oxygen atoms in total. The molecule has 0 radical (unpaired) electrons. The summed E-state index contributed by atoms with van der Waals surface area (Å²) in [5.41, 5.74) is 2.15. The molecule has 0 aromatic carbocycles. The van der Waals surface area contributed by atoms with Gasteiger partial charge in [0.2, 0.25) is 0 Å². The number of nitrogens with one attached hydrogen (secondary N) is 2. The lowest BCUT2D eigenvalue weighted by Gasteiger charge is -2.15. The third-order valence-electron chi connectivity index (χ3n) is 2.47. The zero-order valence-corrected chi connectivity index (χ0v) is 9.57. The second-order valence-electron chi connectivity index (χ2n) is 3.70. The SMILES string of the molecule is CCNC(c1ccc(C)nc1)c1ncc[nH]1. The van der Waals surface area contributed by atoms with Gasteiger partial charge in [-0.3, -0.25) is 4.98 Å². The Hall–Kier alpha value is -1.68. The van der Waals surface area contributed by atoms with Gasteiger partial charge in [-0.1, -0.05) is 13.0 Å². The Balaban J connectivity index is 2.29. The molecular weight excluding hydrogens is 200 g/mol. The van der Waals surface area contributed by atoms with E-state index in [2.05, 4.69) is 33.3 Å². The van der Waals surface area contributed by atoms with E-state index >= 15 is 0 Å². The predicted molar refractivity (Wildman–Crippen MR) is 63.1 cm³/mol. The van der Waals surface area contributed by atoms with E-state index in [0.717, 1.165) is 23.6 Å². The lowest BCUT2D eigenvalue weighted by atomic mass is 10.1. The Morgan fingerprint density at radius 2 is 2.25 bits per heavy atom. The number of hydrogen-bond acceptors (Lipinski definition) is 3. The van der Waals surface area contributed by atoms with Crippen molar-refractivity contribution in [2.45, 2.75) is 19.9 Å². The highest BCUT2D eigenvalue weighted by Gasteiger charge is 2.14. The van der Waals surface area contributed by atoms with E-state index in [0.29, 0.717) is 0 Å². The van der Waals surface area contributed by atoms with E-state index in [-0.39, 0.29) is 6.04 Å². The van der Waals surface area contributed by atoms with Gasteiger partial charge in [0, 0.05) is 24.3 Å². The van der Waals surface area contributed by atoms with Crippen LogP contribution in [0.3, 0.4) is 0 Å². The number of pyridine rings is 1. The number of aromatic amines is 1. The Kier molecular flexibility index (Phi) is 3.31. The van der Waals surface area contributed by atoms with Crippen molar-refractivity contribution >= 4 is 0 Å². The summed E-state index contributed by atoms with van der Waals surface area (Å²) in [4.78, 5) is 11.7. The van der Waals surface area contributed by atoms with Gasteiger partial charge < -0.3 is 10.3 Å². The van der Waals surface area contributed by atoms with Crippen LogP contribution >= 0.6 is 0 Å². The first kappa shape index (κ1) is 10.8. The molecule has 0 saturated heterocycles. The summed E-state index contributed by atoms with van der Waals surface area (Å²) in [6, 6.07) is 4.19. The lowest BCUT2D eigenvalue weighted by Crippen LogP contribution is -2.23. The summed E-state index contributed by atoms with van der Waals surface area (Å²) < 4.78 is 0. The fraction of sp³-hybridized carbons (Fsp3) is 0.333. The maximum Gasteiger partial charge on any atom is 0.127 e. The van der Waals surface area contributed by atoms with Gasteiger partial charge in [0.1, 0.15) is 5.82 Å². The molecule has 2 aromatic heterocycles. The molecule has 0 fully saturated rings. The number of aryl methyl sites for hydroxylation is 1. The molecule has 2 rings (SSSR count). The molecule has 0 aliphatic heterocycles. The van der Waals surface area contributed by atoms with E-state index in [1.807, 2.05) is 25.4 Å². The number of nitrogens with zero attached hydrogens (tertiary/aromatic N) is 2. The third-order valence-corrected chi connectivity index (χ3v) is 2.47. The molecule has 0 aliphatic rings. The van der Waals surface area contributed by atoms with Crippen molar-refractivity contribution in [3.8, 4) is 0 Å². The van der Waals surface area contributed by atoms with Crippen LogP contribution in [0.2, 0.25) is 0 Å². The quantitative estimate of drug-likeness (QED) is 0.819. The van der Waals surface area contributed by atoms with Crippen molar-refractivity contribution in [3.63, 3.8) is 0 Å². The smallest absolute Gasteiger partial charge is 0.127 e. The minimum Gasteiger partial charge on any atom is -0.347 e. The standard InChI is InChI=1S/C12H16N4/c1-3-13-11(12-14-6-7-15-12)10-5-4-9(2)16-8-10/h4-8,11,13H,3H2,1-2H3,(H,14,15). The molecule has 0 saturated carbocycles. The van der Waals surface area contributed by atoms with E-state index in [4.69, 9.17) is 0 Å². The number of hydrogen-bond donors (Lipinski definition) is 2. The van der Waals surface area contributed by atoms with Crippen LogP contribution in [0, 0.1) is 6.92 Å². The molecule has 2 aromatic rings. The largest absolute Gasteiger partial charge is 0.347 e. The molecule has 0 aliphatic carbocycles. The minimum atomic E-state index is 0.0908. The molecule has 4 heteroatoms. The molecule has 84 valence electrons. The molecule has 0 amide bonds. The van der Waals surface area contributed by atoms with Gasteiger partial charge in [-0.15, -0.1) is 0 Å². The third kappa shape index (κ3) is 2.28. The molecule has 0 bridgehead atoms. The second-order valence-corrected chi connectivity index (χ2v) is 3.70. The Bertz CT molecular complexity index is 419. The van der Waals surface area contributed by atoms with Crippen LogP contribution in [-0.4, -0.2) is 21.5 Å². The molecule has 2 N–H and O–H groups in total. The lowest BCUT2D eigenvalue weighted by molar-refractivity contribution is 0.601. The van der Waals surface area contributed by atoms with Gasteiger partial charge in [-0.25, -0.2) is 4.98 Å². The maximum atomic E-state index is 4.31. The van der Waals surface area contributed by atoms with Crippen LogP contribution in [-0.2, 0) is 0 Å². The summed E-state index contributed by atoms with van der Waals surface area (Å²) in [5, 5.41) is 3.39. The molecule has 2 heterocycles. The topological polar surface area (TPSA) is 53.6 Å². The molecular formula is C12H16N4. The van der Waals surface area contributed by atoms with Crippen LogP contribution in [0.4, 0.5) is 0 Å². The molecule has 0 spiro atoms. The van der Waals surface area contributed by atoms with Gasteiger partial charge in [0.25, 0.3) is 0 Å². The monoisotopic (exact) mass is 216 g/mol. The predicted octanol–water partition coefficient (Wildman–Crippen LogP) is 1.81. The second kappa shape index (κ2) is 4.90. The fourth-order valence-corrected chi connectivity index (χ4v) is 1.66. The average molecular weight is 216 g/mol. The highest BCUT2D eigenvalue weighted by molar-refractivity contribution is 5.23. The van der Waals surface area contributed by atoms with Crippen LogP contribution in [0.1, 0.15) is 30.0 Å². The summed E-state index contributed by atoms with van der Waals surface area (Å²) in [5.74, 6) is 0.924. The van der Waals surface area contributed by atoms with E-state index in [1.54, 1.807) is 6.20 Å². The van der Waals surface area contributed by atoms with Crippen molar-refractivity contribution < 1.29 is 0 Å². The summed E-state index contributed by atoms with van der Waals surface area (Å²) >= 11 is 0. The minimum absolute atomic E-state index is 0.0908. The summed E-state index contributed by atoms with van der Waals surface area (Å²) in [7, 11) is 0. The average Bonchev–Trinajstić information content (AvgIpc) is 2.81. The summed E-state index contributed by atoms with van der Waals surface area (Å²) in [6.45, 7) is 4.95. The van der Waals surface area contributed by atoms with Crippen molar-refractivity contribution in [2.24, 2.45) is 0 Å². The Morgan fingerprint density at radius 1 is 1.38 bits per heavy atom. The highest BCUT2D eigenvalue weighted by atomic mass is 15.0. The van der Waals surface area contributed by atoms with Gasteiger partial charge in [0.15, 0.2) is 0 Å². The number of rotatable bonds is 4. The highest BCUT2D eigenvalue weighted by Crippen LogP contribution is 2.17. The van der Waals surface area contributed by atoms with Crippen molar-refractivity contribution in [1.29, 1.82) is 0 Å². The first-order chi connectivity index (χ1) is 7.81. The van der Waals surface area contributed by atoms with Gasteiger partial charge in [0.05, 0.1) is 6.04 Å². The number of imidazole rings is 1. The van der Waals surface area contributed by atoms with Crippen LogP contribution in [0.5, 0.6) is 0 Å². The first-order valence-corrected chi connectivity index (χ1v) is 5.46. The molecule has 1 unspecified atom stereocenters. The number of aromatic nitrogens is 3. The van der Waals surface area contributed by atoms with E-state index < -0.39 is 0 Å². The van der Waals surface area contributed by atoms with Crippen molar-refractivity contribution in [2.75, 3.05) is 6.54 Å². The van der Waals surface area contributed by atoms with E-state index in [9.17, 15) is 0 Å². The van der Waals surface area contributed by atoms with Crippen LogP contribution in [0.15, 0.2) is 30.7 Å². The zero-order valence-electron chi connectivity index (χ0n) is 9.57. The van der Waals surface area contributed by atoms with Crippen molar-refractivity contribution in [1.82, 2.24) is 20.3 Å². The summed E-state index contributed by atoms with van der Waals surface area (Å²) in [6.07, 6.45) is 5.49. The van der Waals surface area contributed by atoms with Crippen LogP contribution < -0.4 is 5.32 Å². The Morgan fingerprint density at radius 3 is 2.81 bits per heavy atom. The van der Waals surface area contributed by atoms with Gasteiger partial charge >= 0.3 is 0 Å². The van der Waals surface area contributed by atoms with Crippen LogP contribution in [0.25, 0.3) is 0 Å². The molecule has 1 atom stereocenters. The maximum absolute atomic E-state index is 4.31. The fourth-order valence-electron chi connectivity index (χ4n) is 1.66. The first-order valence-electron chi connectivity index (χ1n) is 5.46. The zero-order chi connectivity index (χ0) is 11.4. The molecule has 16 heavy (non-hydrogen) atoms. The number of H-pyrrole nitrogens is 1. The van der Waals surface area contributed by atoms with Crippen molar-refractivity contribution in [3.05, 3.63) is 47.8 Å². The Labute approximate surface area is 95.1 Å².